The largest absolute Gasteiger partial charge is 0.481 e. The van der Waals surface area contributed by atoms with Crippen molar-refractivity contribution in [2.24, 2.45) is 11.8 Å². The lowest BCUT2D eigenvalue weighted by Crippen LogP contribution is -2.55. The highest BCUT2D eigenvalue weighted by Gasteiger charge is 2.40. The van der Waals surface area contributed by atoms with Crippen LogP contribution in [0.15, 0.2) is 0 Å². The topological polar surface area (TPSA) is 107 Å². The van der Waals surface area contributed by atoms with Gasteiger partial charge in [-0.3, -0.25) is 9.59 Å². The molecule has 4 N–H and O–H groups in total. The average Bonchev–Trinajstić information content (AvgIpc) is 2.85. The molecule has 0 aromatic carbocycles. The fourth-order valence-corrected chi connectivity index (χ4v) is 2.36. The van der Waals surface area contributed by atoms with Crippen LogP contribution in [0.2, 0.25) is 0 Å². The fraction of sp³-hybridized carbons (Fsp3) is 0.833. The summed E-state index contributed by atoms with van der Waals surface area (Å²) < 4.78 is 0. The van der Waals surface area contributed by atoms with Crippen molar-refractivity contribution in [1.82, 2.24) is 5.32 Å². The van der Waals surface area contributed by atoms with Crippen LogP contribution in [-0.4, -0.2) is 45.9 Å². The normalized spacial score (nSPS) is 23.9. The number of rotatable bonds is 6. The highest BCUT2D eigenvalue weighted by Crippen LogP contribution is 2.32. The van der Waals surface area contributed by atoms with E-state index in [2.05, 4.69) is 5.32 Å². The maximum Gasteiger partial charge on any atom is 0.307 e. The van der Waals surface area contributed by atoms with Gasteiger partial charge in [0.1, 0.15) is 0 Å². The Kier molecular flexibility index (Phi) is 5.10. The molecular formula is C12H21NO5. The van der Waals surface area contributed by atoms with Crippen molar-refractivity contribution in [2.45, 2.75) is 38.1 Å². The molecule has 18 heavy (non-hydrogen) atoms. The molecule has 104 valence electrons. The second-order valence-electron chi connectivity index (χ2n) is 4.92. The van der Waals surface area contributed by atoms with E-state index in [1.807, 2.05) is 0 Å². The molecule has 1 rings (SSSR count). The van der Waals surface area contributed by atoms with Gasteiger partial charge in [-0.25, -0.2) is 0 Å². The number of carboxylic acid groups (broad SMARTS) is 1. The van der Waals surface area contributed by atoms with Crippen LogP contribution in [0.3, 0.4) is 0 Å². The molecule has 6 nitrogen and oxygen atoms in total. The van der Waals surface area contributed by atoms with Crippen LogP contribution in [-0.2, 0) is 9.59 Å². The number of hydrogen-bond donors (Lipinski definition) is 4. The smallest absolute Gasteiger partial charge is 0.307 e. The monoisotopic (exact) mass is 259 g/mol. The van der Waals surface area contributed by atoms with E-state index in [4.69, 9.17) is 5.11 Å². The third-order valence-corrected chi connectivity index (χ3v) is 3.84. The number of aliphatic hydroxyl groups is 2. The summed E-state index contributed by atoms with van der Waals surface area (Å²) in [5.74, 6) is -2.56. The van der Waals surface area contributed by atoms with E-state index in [9.17, 15) is 19.8 Å². The molecule has 0 saturated heterocycles. The van der Waals surface area contributed by atoms with E-state index in [1.165, 1.54) is 0 Å². The van der Waals surface area contributed by atoms with Crippen LogP contribution in [0, 0.1) is 11.8 Å². The summed E-state index contributed by atoms with van der Waals surface area (Å²) in [6.07, 6.45) is 2.15. The molecule has 0 heterocycles. The summed E-state index contributed by atoms with van der Waals surface area (Å²) in [4.78, 5) is 23.1. The Balaban J connectivity index is 2.72. The SMILES string of the molecule is CCC(CO)(CO)NC(=O)C1CCCC1C(=O)O. The molecule has 1 aliphatic carbocycles. The van der Waals surface area contributed by atoms with E-state index in [-0.39, 0.29) is 19.1 Å². The number of nitrogens with one attached hydrogen (secondary N) is 1. The Labute approximate surface area is 106 Å². The lowest BCUT2D eigenvalue weighted by Gasteiger charge is -2.31. The minimum Gasteiger partial charge on any atom is -0.481 e. The third-order valence-electron chi connectivity index (χ3n) is 3.84. The minimum absolute atomic E-state index is 0.365. The van der Waals surface area contributed by atoms with Gasteiger partial charge in [0.25, 0.3) is 0 Å². The van der Waals surface area contributed by atoms with Gasteiger partial charge in [-0.2, -0.15) is 0 Å². The number of carboxylic acids is 1. The molecule has 0 spiro atoms. The first-order valence-corrected chi connectivity index (χ1v) is 6.26. The van der Waals surface area contributed by atoms with Crippen molar-refractivity contribution in [1.29, 1.82) is 0 Å². The average molecular weight is 259 g/mol. The molecule has 1 fully saturated rings. The molecule has 0 aromatic heterocycles. The standard InChI is InChI=1S/C12H21NO5/c1-2-12(6-14,7-15)13-10(16)8-4-3-5-9(8)11(17)18/h8-9,14-15H,2-7H2,1H3,(H,13,16)(H,17,18). The number of aliphatic carboxylic acids is 1. The molecule has 0 bridgehead atoms. The number of hydrogen-bond acceptors (Lipinski definition) is 4. The Bertz CT molecular complexity index is 305. The zero-order valence-electron chi connectivity index (χ0n) is 10.6. The maximum atomic E-state index is 12.1. The highest BCUT2D eigenvalue weighted by molar-refractivity contribution is 5.85. The van der Waals surface area contributed by atoms with Gasteiger partial charge >= 0.3 is 5.97 Å². The predicted molar refractivity (Wildman–Crippen MR) is 63.8 cm³/mol. The van der Waals surface area contributed by atoms with Crippen LogP contribution in [0.5, 0.6) is 0 Å². The number of carbonyl (C=O) groups excluding carboxylic acids is 1. The first-order chi connectivity index (χ1) is 8.49. The van der Waals surface area contributed by atoms with Crippen molar-refractivity contribution in [2.75, 3.05) is 13.2 Å². The van der Waals surface area contributed by atoms with Crippen molar-refractivity contribution < 1.29 is 24.9 Å². The predicted octanol–water partition coefficient (Wildman–Crippen LogP) is -0.263. The molecule has 2 unspecified atom stereocenters. The number of amides is 1. The van der Waals surface area contributed by atoms with E-state index in [0.29, 0.717) is 25.7 Å². The summed E-state index contributed by atoms with van der Waals surface area (Å²) in [5, 5.41) is 30.1. The Hall–Kier alpha value is -1.14. The molecule has 2 atom stereocenters. The summed E-state index contributed by atoms with van der Waals surface area (Å²) in [6.45, 7) is 1.02. The van der Waals surface area contributed by atoms with Gasteiger partial charge in [-0.15, -0.1) is 0 Å². The second kappa shape index (κ2) is 6.15. The molecule has 6 heteroatoms. The highest BCUT2D eigenvalue weighted by atomic mass is 16.4. The quantitative estimate of drug-likeness (QED) is 0.525. The fourth-order valence-electron chi connectivity index (χ4n) is 2.36. The van der Waals surface area contributed by atoms with E-state index in [1.54, 1.807) is 6.92 Å². The second-order valence-corrected chi connectivity index (χ2v) is 4.92. The summed E-state index contributed by atoms with van der Waals surface area (Å²) >= 11 is 0. The van der Waals surface area contributed by atoms with Crippen LogP contribution in [0.25, 0.3) is 0 Å². The third kappa shape index (κ3) is 3.00. The van der Waals surface area contributed by atoms with Crippen molar-refractivity contribution in [3.8, 4) is 0 Å². The van der Waals surface area contributed by atoms with Crippen molar-refractivity contribution in [3.05, 3.63) is 0 Å². The van der Waals surface area contributed by atoms with Gasteiger partial charge in [0, 0.05) is 0 Å². The summed E-state index contributed by atoms with van der Waals surface area (Å²) in [5.41, 5.74) is -1.05. The lowest BCUT2D eigenvalue weighted by atomic mass is 9.92. The van der Waals surface area contributed by atoms with E-state index < -0.39 is 23.3 Å². The van der Waals surface area contributed by atoms with Gasteiger partial charge in [-0.05, 0) is 19.3 Å². The molecule has 0 aliphatic heterocycles. The molecule has 1 saturated carbocycles. The zero-order valence-corrected chi connectivity index (χ0v) is 10.6. The van der Waals surface area contributed by atoms with Crippen LogP contribution >= 0.6 is 0 Å². The molecular weight excluding hydrogens is 238 g/mol. The van der Waals surface area contributed by atoms with Crippen LogP contribution in [0.4, 0.5) is 0 Å². The first kappa shape index (κ1) is 14.9. The molecule has 0 aromatic rings. The number of aliphatic hydroxyl groups excluding tert-OH is 2. The van der Waals surface area contributed by atoms with Gasteiger partial charge in [0.2, 0.25) is 5.91 Å². The van der Waals surface area contributed by atoms with Gasteiger partial charge < -0.3 is 20.6 Å². The molecule has 1 aliphatic rings. The number of carbonyl (C=O) groups is 2. The van der Waals surface area contributed by atoms with Gasteiger partial charge in [-0.1, -0.05) is 13.3 Å². The zero-order chi connectivity index (χ0) is 13.8. The first-order valence-electron chi connectivity index (χ1n) is 6.26. The van der Waals surface area contributed by atoms with Crippen LogP contribution < -0.4 is 5.32 Å². The lowest BCUT2D eigenvalue weighted by molar-refractivity contribution is -0.146. The Morgan fingerprint density at radius 3 is 2.22 bits per heavy atom. The van der Waals surface area contributed by atoms with Crippen molar-refractivity contribution >= 4 is 11.9 Å². The van der Waals surface area contributed by atoms with E-state index >= 15 is 0 Å². The molecule has 0 radical (unpaired) electrons. The minimum atomic E-state index is -1.05. The summed E-state index contributed by atoms with van der Waals surface area (Å²) in [7, 11) is 0. The van der Waals surface area contributed by atoms with Gasteiger partial charge in [0.05, 0.1) is 30.6 Å². The Morgan fingerprint density at radius 2 is 1.78 bits per heavy atom. The maximum absolute atomic E-state index is 12.1. The van der Waals surface area contributed by atoms with E-state index in [0.717, 1.165) is 0 Å². The van der Waals surface area contributed by atoms with Crippen LogP contribution in [0.1, 0.15) is 32.6 Å². The van der Waals surface area contributed by atoms with Crippen molar-refractivity contribution in [3.63, 3.8) is 0 Å². The van der Waals surface area contributed by atoms with Gasteiger partial charge in [0.15, 0.2) is 0 Å². The Morgan fingerprint density at radius 1 is 1.22 bits per heavy atom. The molecule has 1 amide bonds. The summed E-state index contributed by atoms with van der Waals surface area (Å²) in [6, 6.07) is 0.